The lowest BCUT2D eigenvalue weighted by Crippen LogP contribution is -2.40. The molecule has 2 heterocycles. The van der Waals surface area contributed by atoms with Crippen LogP contribution in [-0.4, -0.2) is 22.7 Å². The normalized spacial score (nSPS) is 18.3. The number of carbonyl (C=O) groups excluding carboxylic acids is 1. The van der Waals surface area contributed by atoms with Gasteiger partial charge in [-0.05, 0) is 17.7 Å². The fourth-order valence-corrected chi connectivity index (χ4v) is 3.45. The third-order valence-corrected chi connectivity index (χ3v) is 4.73. The van der Waals surface area contributed by atoms with Gasteiger partial charge in [0.15, 0.2) is 0 Å². The van der Waals surface area contributed by atoms with Crippen LogP contribution in [0.1, 0.15) is 17.2 Å². The SMILES string of the molecule is COc1ccc([C@H]2c3c(-c4ccccc4)nc(N)n3NC(=O)[C@H]2C#N)cc1. The average Bonchev–Trinajstić information content (AvgIpc) is 3.04. The fraction of sp³-hybridized carbons (Fsp3) is 0.150. The minimum absolute atomic E-state index is 0.173. The molecule has 3 aromatic rings. The van der Waals surface area contributed by atoms with Crippen molar-refractivity contribution in [3.8, 4) is 23.1 Å². The molecular weight excluding hydrogens is 342 g/mol. The standard InChI is InChI=1S/C20H17N5O2/c1-27-14-9-7-12(8-10-14)16-15(11-21)19(26)24-25-18(16)17(23-20(25)22)13-5-3-2-4-6-13/h2-10,15-16H,1H3,(H2,22,23)(H,24,26)/t15-,16+/m0/s1. The van der Waals surface area contributed by atoms with E-state index in [2.05, 4.69) is 16.5 Å². The Balaban J connectivity index is 1.95. The molecule has 2 aromatic carbocycles. The molecule has 0 radical (unpaired) electrons. The number of rotatable bonds is 3. The number of hydrogen-bond donors (Lipinski definition) is 2. The van der Waals surface area contributed by atoms with Gasteiger partial charge in [0, 0.05) is 5.56 Å². The highest BCUT2D eigenvalue weighted by atomic mass is 16.5. The van der Waals surface area contributed by atoms with Gasteiger partial charge in [0.1, 0.15) is 11.7 Å². The van der Waals surface area contributed by atoms with Gasteiger partial charge >= 0.3 is 0 Å². The molecule has 7 heteroatoms. The van der Waals surface area contributed by atoms with Gasteiger partial charge in [0.25, 0.3) is 5.91 Å². The van der Waals surface area contributed by atoms with Crippen molar-refractivity contribution in [2.45, 2.75) is 5.92 Å². The van der Waals surface area contributed by atoms with Crippen LogP contribution in [0.25, 0.3) is 11.3 Å². The lowest BCUT2D eigenvalue weighted by atomic mass is 9.81. The van der Waals surface area contributed by atoms with Crippen LogP contribution < -0.4 is 15.9 Å². The number of nitrogen functional groups attached to an aromatic ring is 1. The van der Waals surface area contributed by atoms with Crippen molar-refractivity contribution in [1.82, 2.24) is 9.66 Å². The molecule has 0 aliphatic carbocycles. The number of nitrogens with zero attached hydrogens (tertiary/aromatic N) is 3. The van der Waals surface area contributed by atoms with Crippen LogP contribution in [0.5, 0.6) is 5.75 Å². The Morgan fingerprint density at radius 3 is 2.52 bits per heavy atom. The number of ether oxygens (including phenoxy) is 1. The predicted octanol–water partition coefficient (Wildman–Crippen LogP) is 2.50. The lowest BCUT2D eigenvalue weighted by Gasteiger charge is -2.29. The molecule has 4 rings (SSSR count). The number of nitrogens with two attached hydrogens (primary N) is 1. The topological polar surface area (TPSA) is 106 Å². The number of imidazole rings is 1. The molecule has 0 fully saturated rings. The van der Waals surface area contributed by atoms with E-state index < -0.39 is 17.7 Å². The first-order chi connectivity index (χ1) is 13.1. The molecule has 7 nitrogen and oxygen atoms in total. The maximum atomic E-state index is 12.5. The number of nitriles is 1. The average molecular weight is 359 g/mol. The summed E-state index contributed by atoms with van der Waals surface area (Å²) in [6.45, 7) is 0. The highest BCUT2D eigenvalue weighted by molar-refractivity contribution is 5.92. The molecule has 0 saturated heterocycles. The van der Waals surface area contributed by atoms with E-state index in [4.69, 9.17) is 10.5 Å². The second kappa shape index (κ2) is 6.50. The number of amides is 1. The molecule has 1 amide bonds. The number of benzene rings is 2. The van der Waals surface area contributed by atoms with E-state index in [1.54, 1.807) is 7.11 Å². The van der Waals surface area contributed by atoms with Crippen LogP contribution in [0.15, 0.2) is 54.6 Å². The zero-order valence-corrected chi connectivity index (χ0v) is 14.6. The number of carbonyl (C=O) groups is 1. The summed E-state index contributed by atoms with van der Waals surface area (Å²) < 4.78 is 6.70. The van der Waals surface area contributed by atoms with Gasteiger partial charge in [0.2, 0.25) is 5.95 Å². The number of anilines is 1. The predicted molar refractivity (Wildman–Crippen MR) is 100 cm³/mol. The summed E-state index contributed by atoms with van der Waals surface area (Å²) >= 11 is 0. The molecular formula is C20H17N5O2. The third kappa shape index (κ3) is 2.68. The summed E-state index contributed by atoms with van der Waals surface area (Å²) in [5, 5.41) is 9.69. The Bertz CT molecular complexity index is 1030. The van der Waals surface area contributed by atoms with Gasteiger partial charge in [-0.3, -0.25) is 10.2 Å². The van der Waals surface area contributed by atoms with Crippen molar-refractivity contribution in [3.05, 3.63) is 65.9 Å². The van der Waals surface area contributed by atoms with E-state index in [1.165, 1.54) is 4.68 Å². The van der Waals surface area contributed by atoms with E-state index in [1.807, 2.05) is 54.6 Å². The van der Waals surface area contributed by atoms with Crippen molar-refractivity contribution < 1.29 is 9.53 Å². The highest BCUT2D eigenvalue weighted by Crippen LogP contribution is 2.41. The largest absolute Gasteiger partial charge is 0.497 e. The Morgan fingerprint density at radius 1 is 1.19 bits per heavy atom. The molecule has 0 bridgehead atoms. The summed E-state index contributed by atoms with van der Waals surface area (Å²) in [4.78, 5) is 17.0. The van der Waals surface area contributed by atoms with Gasteiger partial charge < -0.3 is 10.5 Å². The molecule has 0 unspecified atom stereocenters. The minimum Gasteiger partial charge on any atom is -0.497 e. The zero-order valence-electron chi connectivity index (χ0n) is 14.6. The number of nitrogens with one attached hydrogen (secondary N) is 1. The van der Waals surface area contributed by atoms with Crippen molar-refractivity contribution in [3.63, 3.8) is 0 Å². The van der Waals surface area contributed by atoms with Gasteiger partial charge in [-0.2, -0.15) is 5.26 Å². The Morgan fingerprint density at radius 2 is 1.89 bits per heavy atom. The van der Waals surface area contributed by atoms with Crippen LogP contribution in [-0.2, 0) is 4.79 Å². The van der Waals surface area contributed by atoms with E-state index in [9.17, 15) is 10.1 Å². The zero-order chi connectivity index (χ0) is 19.0. The highest BCUT2D eigenvalue weighted by Gasteiger charge is 2.41. The Labute approximate surface area is 156 Å². The molecule has 1 aliphatic heterocycles. The van der Waals surface area contributed by atoms with Crippen LogP contribution in [0.4, 0.5) is 5.95 Å². The molecule has 2 atom stereocenters. The second-order valence-electron chi connectivity index (χ2n) is 6.24. The summed E-state index contributed by atoms with van der Waals surface area (Å²) in [5.74, 6) is -0.940. The van der Waals surface area contributed by atoms with E-state index >= 15 is 0 Å². The number of methoxy groups -OCH3 is 1. The monoisotopic (exact) mass is 359 g/mol. The van der Waals surface area contributed by atoms with Crippen molar-refractivity contribution >= 4 is 11.9 Å². The maximum absolute atomic E-state index is 12.5. The fourth-order valence-electron chi connectivity index (χ4n) is 3.45. The van der Waals surface area contributed by atoms with E-state index in [0.29, 0.717) is 17.1 Å². The van der Waals surface area contributed by atoms with Crippen LogP contribution in [0, 0.1) is 17.2 Å². The smallest absolute Gasteiger partial charge is 0.257 e. The van der Waals surface area contributed by atoms with Crippen LogP contribution >= 0.6 is 0 Å². The van der Waals surface area contributed by atoms with Crippen molar-refractivity contribution in [1.29, 1.82) is 5.26 Å². The summed E-state index contributed by atoms with van der Waals surface area (Å²) in [6, 6.07) is 19.0. The van der Waals surface area contributed by atoms with E-state index in [-0.39, 0.29) is 5.95 Å². The van der Waals surface area contributed by atoms with Crippen molar-refractivity contribution in [2.24, 2.45) is 5.92 Å². The molecule has 1 aliphatic rings. The van der Waals surface area contributed by atoms with Crippen molar-refractivity contribution in [2.75, 3.05) is 18.3 Å². The quantitative estimate of drug-likeness (QED) is 0.747. The number of hydrogen-bond acceptors (Lipinski definition) is 5. The first-order valence-electron chi connectivity index (χ1n) is 8.42. The molecule has 0 spiro atoms. The molecule has 134 valence electrons. The van der Waals surface area contributed by atoms with Gasteiger partial charge in [-0.15, -0.1) is 0 Å². The first-order valence-corrected chi connectivity index (χ1v) is 8.42. The van der Waals surface area contributed by atoms with E-state index in [0.717, 1.165) is 11.1 Å². The Kier molecular flexibility index (Phi) is 4.01. The molecule has 1 aromatic heterocycles. The molecule has 3 N–H and O–H groups in total. The van der Waals surface area contributed by atoms with Gasteiger partial charge in [0.05, 0.1) is 30.5 Å². The first kappa shape index (κ1) is 16.7. The third-order valence-electron chi connectivity index (χ3n) is 4.73. The summed E-state index contributed by atoms with van der Waals surface area (Å²) in [7, 11) is 1.59. The van der Waals surface area contributed by atoms with Gasteiger partial charge in [-0.25, -0.2) is 9.66 Å². The molecule has 27 heavy (non-hydrogen) atoms. The lowest BCUT2D eigenvalue weighted by molar-refractivity contribution is -0.120. The summed E-state index contributed by atoms with van der Waals surface area (Å²) in [6.07, 6.45) is 0. The summed E-state index contributed by atoms with van der Waals surface area (Å²) in [5.41, 5.74) is 11.8. The number of aromatic nitrogens is 2. The Hall–Kier alpha value is -3.79. The van der Waals surface area contributed by atoms with Gasteiger partial charge in [-0.1, -0.05) is 42.5 Å². The number of fused-ring (bicyclic) bond motifs is 1. The maximum Gasteiger partial charge on any atom is 0.257 e. The van der Waals surface area contributed by atoms with Crippen LogP contribution in [0.2, 0.25) is 0 Å². The second-order valence-corrected chi connectivity index (χ2v) is 6.24. The minimum atomic E-state index is -0.899. The van der Waals surface area contributed by atoms with Crippen LogP contribution in [0.3, 0.4) is 0 Å². The molecule has 0 saturated carbocycles.